The monoisotopic (exact) mass is 234 g/mol. The van der Waals surface area contributed by atoms with Crippen molar-refractivity contribution in [2.75, 3.05) is 6.54 Å². The number of imidazole rings is 2. The maximum Gasteiger partial charge on any atom is 0.222 e. The van der Waals surface area contributed by atoms with Crippen molar-refractivity contribution in [3.63, 3.8) is 0 Å². The van der Waals surface area contributed by atoms with E-state index in [2.05, 4.69) is 25.3 Å². The minimum atomic E-state index is -0.404. The molecule has 7 nitrogen and oxygen atoms in total. The topological polar surface area (TPSA) is 112 Å². The molecular formula is C10H14N6O. The zero-order valence-electron chi connectivity index (χ0n) is 9.18. The van der Waals surface area contributed by atoms with E-state index >= 15 is 0 Å². The molecule has 0 fully saturated rings. The fourth-order valence-electron chi connectivity index (χ4n) is 1.50. The molecule has 7 heteroatoms. The number of carbonyl (C=O) groups excluding carboxylic acids is 1. The van der Waals surface area contributed by atoms with Gasteiger partial charge in [-0.05, 0) is 0 Å². The molecule has 90 valence electrons. The summed E-state index contributed by atoms with van der Waals surface area (Å²) in [4.78, 5) is 25.7. The van der Waals surface area contributed by atoms with Gasteiger partial charge in [0.2, 0.25) is 5.91 Å². The molecule has 2 aromatic rings. The molecule has 0 aliphatic rings. The average molecular weight is 234 g/mol. The lowest BCUT2D eigenvalue weighted by molar-refractivity contribution is -0.121. The largest absolute Gasteiger partial charge is 0.346 e. The number of carbonyl (C=O) groups is 1. The second kappa shape index (κ2) is 5.26. The Labute approximate surface area is 97.9 Å². The lowest BCUT2D eigenvalue weighted by atomic mass is 10.2. The minimum absolute atomic E-state index is 0.134. The number of aromatic nitrogens is 4. The van der Waals surface area contributed by atoms with Crippen LogP contribution in [0.2, 0.25) is 0 Å². The van der Waals surface area contributed by atoms with Crippen molar-refractivity contribution in [3.8, 4) is 0 Å². The fourth-order valence-corrected chi connectivity index (χ4v) is 1.50. The number of nitrogens with two attached hydrogens (primary N) is 1. The van der Waals surface area contributed by atoms with Crippen molar-refractivity contribution < 1.29 is 4.79 Å². The number of amides is 1. The Morgan fingerprint density at radius 3 is 2.29 bits per heavy atom. The molecular weight excluding hydrogens is 220 g/mol. The minimum Gasteiger partial charge on any atom is -0.346 e. The van der Waals surface area contributed by atoms with Gasteiger partial charge in [-0.15, -0.1) is 0 Å². The number of nitrogens with one attached hydrogen (secondary N) is 3. The van der Waals surface area contributed by atoms with Gasteiger partial charge >= 0.3 is 0 Å². The van der Waals surface area contributed by atoms with E-state index in [0.717, 1.165) is 0 Å². The molecule has 1 amide bonds. The Bertz CT molecular complexity index is 415. The maximum absolute atomic E-state index is 11.6. The standard InChI is InChI=1S/C10H14N6O/c11-2-1-7(17)16-8(9-12-3-4-13-9)10-14-5-6-15-10/h3-6,8H,1-2,11H2,(H,12,13)(H,14,15)(H,16,17). The summed E-state index contributed by atoms with van der Waals surface area (Å²) in [5.41, 5.74) is 5.33. The van der Waals surface area contributed by atoms with Gasteiger partial charge in [-0.1, -0.05) is 0 Å². The van der Waals surface area contributed by atoms with Crippen molar-refractivity contribution in [2.45, 2.75) is 12.5 Å². The normalized spacial score (nSPS) is 10.7. The van der Waals surface area contributed by atoms with E-state index < -0.39 is 6.04 Å². The summed E-state index contributed by atoms with van der Waals surface area (Å²) in [6.45, 7) is 0.314. The number of hydrogen-bond donors (Lipinski definition) is 4. The molecule has 0 bridgehead atoms. The van der Waals surface area contributed by atoms with E-state index in [9.17, 15) is 4.79 Å². The SMILES string of the molecule is NCCC(=O)NC(c1ncc[nH]1)c1ncc[nH]1. The van der Waals surface area contributed by atoms with Gasteiger partial charge in [-0.25, -0.2) is 9.97 Å². The second-order valence-corrected chi connectivity index (χ2v) is 3.49. The molecule has 0 aromatic carbocycles. The average Bonchev–Trinajstić information content (AvgIpc) is 3.00. The van der Waals surface area contributed by atoms with E-state index in [1.54, 1.807) is 24.8 Å². The summed E-state index contributed by atoms with van der Waals surface area (Å²) in [6, 6.07) is -0.404. The van der Waals surface area contributed by atoms with Gasteiger partial charge in [0.1, 0.15) is 17.7 Å². The van der Waals surface area contributed by atoms with Gasteiger partial charge in [0.15, 0.2) is 0 Å². The Morgan fingerprint density at radius 2 is 1.88 bits per heavy atom. The molecule has 0 unspecified atom stereocenters. The van der Waals surface area contributed by atoms with Gasteiger partial charge < -0.3 is 21.0 Å². The van der Waals surface area contributed by atoms with Crippen LogP contribution >= 0.6 is 0 Å². The Morgan fingerprint density at radius 1 is 1.29 bits per heavy atom. The second-order valence-electron chi connectivity index (χ2n) is 3.49. The van der Waals surface area contributed by atoms with Crippen molar-refractivity contribution in [1.82, 2.24) is 25.3 Å². The number of nitrogens with zero attached hydrogens (tertiary/aromatic N) is 2. The predicted molar refractivity (Wildman–Crippen MR) is 60.8 cm³/mol. The van der Waals surface area contributed by atoms with Gasteiger partial charge in [-0.2, -0.15) is 0 Å². The van der Waals surface area contributed by atoms with E-state index in [-0.39, 0.29) is 12.3 Å². The van der Waals surface area contributed by atoms with Crippen molar-refractivity contribution in [2.24, 2.45) is 5.73 Å². The van der Waals surface area contributed by atoms with E-state index in [1.807, 2.05) is 0 Å². The lowest BCUT2D eigenvalue weighted by Gasteiger charge is -2.14. The molecule has 0 aliphatic carbocycles. The summed E-state index contributed by atoms with van der Waals surface area (Å²) in [5, 5.41) is 2.82. The van der Waals surface area contributed by atoms with E-state index in [1.165, 1.54) is 0 Å². The Balaban J connectivity index is 2.17. The molecule has 0 spiro atoms. The number of hydrogen-bond acceptors (Lipinski definition) is 4. The highest BCUT2D eigenvalue weighted by molar-refractivity contribution is 5.76. The van der Waals surface area contributed by atoms with Crippen LogP contribution in [-0.4, -0.2) is 32.4 Å². The van der Waals surface area contributed by atoms with Gasteiger partial charge in [0.05, 0.1) is 0 Å². The van der Waals surface area contributed by atoms with Gasteiger partial charge in [-0.3, -0.25) is 4.79 Å². The summed E-state index contributed by atoms with van der Waals surface area (Å²) in [6.07, 6.45) is 6.92. The molecule has 0 saturated carbocycles. The third kappa shape index (κ3) is 2.70. The van der Waals surface area contributed by atoms with E-state index in [4.69, 9.17) is 5.73 Å². The highest BCUT2D eigenvalue weighted by Gasteiger charge is 2.20. The van der Waals surface area contributed by atoms with Crippen molar-refractivity contribution in [3.05, 3.63) is 36.4 Å². The molecule has 5 N–H and O–H groups in total. The fraction of sp³-hybridized carbons (Fsp3) is 0.300. The molecule has 2 aromatic heterocycles. The van der Waals surface area contributed by atoms with Crippen LogP contribution < -0.4 is 11.1 Å². The first-order valence-corrected chi connectivity index (χ1v) is 5.29. The van der Waals surface area contributed by atoms with Gasteiger partial charge in [0, 0.05) is 37.8 Å². The third-order valence-electron chi connectivity index (χ3n) is 2.26. The molecule has 0 saturated heterocycles. The number of rotatable bonds is 5. The lowest BCUT2D eigenvalue weighted by Crippen LogP contribution is -2.32. The molecule has 17 heavy (non-hydrogen) atoms. The number of aromatic amines is 2. The van der Waals surface area contributed by atoms with Crippen LogP contribution in [0, 0.1) is 0 Å². The Kier molecular flexibility index (Phi) is 3.51. The maximum atomic E-state index is 11.6. The molecule has 0 radical (unpaired) electrons. The van der Waals surface area contributed by atoms with Crippen LogP contribution in [0.5, 0.6) is 0 Å². The van der Waals surface area contributed by atoms with Crippen LogP contribution in [0.4, 0.5) is 0 Å². The highest BCUT2D eigenvalue weighted by Crippen LogP contribution is 2.14. The van der Waals surface area contributed by atoms with Crippen LogP contribution in [0.3, 0.4) is 0 Å². The first kappa shape index (κ1) is 11.3. The summed E-state index contributed by atoms with van der Waals surface area (Å²) in [7, 11) is 0. The van der Waals surface area contributed by atoms with Crippen LogP contribution in [0.25, 0.3) is 0 Å². The summed E-state index contributed by atoms with van der Waals surface area (Å²) >= 11 is 0. The van der Waals surface area contributed by atoms with Crippen LogP contribution in [-0.2, 0) is 4.79 Å². The quantitative estimate of drug-likeness (QED) is 0.568. The Hall–Kier alpha value is -2.15. The highest BCUT2D eigenvalue weighted by atomic mass is 16.1. The van der Waals surface area contributed by atoms with Crippen molar-refractivity contribution >= 4 is 5.91 Å². The number of H-pyrrole nitrogens is 2. The first-order valence-electron chi connectivity index (χ1n) is 5.29. The molecule has 0 aliphatic heterocycles. The van der Waals surface area contributed by atoms with Crippen molar-refractivity contribution in [1.29, 1.82) is 0 Å². The molecule has 2 rings (SSSR count). The first-order chi connectivity index (χ1) is 8.31. The smallest absolute Gasteiger partial charge is 0.222 e. The van der Waals surface area contributed by atoms with E-state index in [0.29, 0.717) is 18.2 Å². The van der Waals surface area contributed by atoms with Crippen LogP contribution in [0.15, 0.2) is 24.8 Å². The predicted octanol–water partition coefficient (Wildman–Crippen LogP) is -0.313. The molecule has 2 heterocycles. The van der Waals surface area contributed by atoms with Gasteiger partial charge in [0.25, 0.3) is 0 Å². The zero-order chi connectivity index (χ0) is 12.1. The third-order valence-corrected chi connectivity index (χ3v) is 2.26. The summed E-state index contributed by atoms with van der Waals surface area (Å²) in [5.74, 6) is 1.13. The summed E-state index contributed by atoms with van der Waals surface area (Å²) < 4.78 is 0. The molecule has 0 atom stereocenters. The zero-order valence-corrected chi connectivity index (χ0v) is 9.18. The van der Waals surface area contributed by atoms with Crippen LogP contribution in [0.1, 0.15) is 24.1 Å².